The maximum absolute atomic E-state index is 13.9. The van der Waals surface area contributed by atoms with Crippen LogP contribution in [0.2, 0.25) is 0 Å². The molecule has 1 rings (SSSR count). The Balaban J connectivity index is 2.93. The molecule has 0 aromatic rings. The molecular weight excluding hydrogens is 721 g/mol. The Morgan fingerprint density at radius 2 is 1.35 bits per heavy atom. The van der Waals surface area contributed by atoms with Crippen molar-refractivity contribution in [3.8, 4) is 0 Å². The predicted octanol–water partition coefficient (Wildman–Crippen LogP) is 9.96. The van der Waals surface area contributed by atoms with Gasteiger partial charge < -0.3 is 29.4 Å². The lowest BCUT2D eigenvalue weighted by Crippen LogP contribution is -2.66. The van der Waals surface area contributed by atoms with Crippen molar-refractivity contribution >= 4 is 13.7 Å². The third kappa shape index (κ3) is 24.2. The van der Waals surface area contributed by atoms with Gasteiger partial charge in [0.1, 0.15) is 24.4 Å². The predicted molar refractivity (Wildman–Crippen MR) is 222 cm³/mol. The van der Waals surface area contributed by atoms with E-state index in [1.165, 1.54) is 89.9 Å². The van der Waals surface area contributed by atoms with Crippen molar-refractivity contribution in [3.63, 3.8) is 0 Å². The van der Waals surface area contributed by atoms with Crippen molar-refractivity contribution in [2.45, 2.75) is 185 Å². The van der Waals surface area contributed by atoms with Gasteiger partial charge in [-0.3, -0.25) is 18.4 Å². The molecule has 2 unspecified atom stereocenters. The van der Waals surface area contributed by atoms with Gasteiger partial charge in [-0.05, 0) is 44.9 Å². The first-order valence-corrected chi connectivity index (χ1v) is 22.9. The van der Waals surface area contributed by atoms with E-state index in [0.29, 0.717) is 12.8 Å². The first-order valence-electron chi connectivity index (χ1n) is 21.5. The Bertz CT molecular complexity index is 1010. The average Bonchev–Trinajstić information content (AvgIpc) is 3.18. The summed E-state index contributed by atoms with van der Waals surface area (Å²) in [5, 5.41) is 13.6. The summed E-state index contributed by atoms with van der Waals surface area (Å²) in [7, 11) is -0.980. The smallest absolute Gasteiger partial charge is 0.394 e. The molecule has 1 heterocycles. The molecule has 0 aromatic heterocycles. The molecule has 1 aliphatic heterocycles. The lowest BCUT2D eigenvalue weighted by Gasteiger charge is -2.46. The molecule has 6 atom stereocenters. The third-order valence-corrected chi connectivity index (χ3v) is 11.4. The number of hydrogen-bond donors (Lipinski definition) is 2. The van der Waals surface area contributed by atoms with Crippen LogP contribution in [0.1, 0.15) is 149 Å². The number of rotatable bonds is 38. The molecule has 1 fully saturated rings. The van der Waals surface area contributed by atoms with Crippen molar-refractivity contribution in [1.82, 2.24) is 5.32 Å². The van der Waals surface area contributed by atoms with E-state index in [4.69, 9.17) is 32.5 Å². The standard InChI is InChI=1S/C43H80NO10P/c1-7-11-13-15-16-17-18-19-20-21-22-23-24-26-28-30-40(46)44-41-38(35-45)53-39(36-48-5)42(54-55(47,51-32-9-3)52-33-10-4)43(41)50-34-31-37(49-6)29-27-25-14-12-8-2/h9-10,17-18,37-39,41-43,45H,3-4,7-8,11-16,19-36H2,1-2,5-6H3,(H,44,46)/b18-17-/t37-,38?,39-,41?,42-,43-/m1/s1. The van der Waals surface area contributed by atoms with Crippen LogP contribution in [0.5, 0.6) is 0 Å². The molecule has 12 heteroatoms. The highest BCUT2D eigenvalue weighted by atomic mass is 31.2. The number of ether oxygens (including phenoxy) is 4. The van der Waals surface area contributed by atoms with Crippen LogP contribution in [0.15, 0.2) is 37.5 Å². The molecule has 2 N–H and O–H groups in total. The molecule has 1 amide bonds. The topological polar surface area (TPSA) is 131 Å². The van der Waals surface area contributed by atoms with Gasteiger partial charge >= 0.3 is 7.82 Å². The highest BCUT2D eigenvalue weighted by Gasteiger charge is 2.51. The number of unbranched alkanes of at least 4 members (excludes halogenated alkanes) is 15. The fourth-order valence-electron chi connectivity index (χ4n) is 6.81. The quantitative estimate of drug-likeness (QED) is 0.0353. The zero-order chi connectivity index (χ0) is 40.4. The summed E-state index contributed by atoms with van der Waals surface area (Å²) in [4.78, 5) is 13.4. The van der Waals surface area contributed by atoms with Gasteiger partial charge in [0.15, 0.2) is 0 Å². The van der Waals surface area contributed by atoms with Gasteiger partial charge in [-0.2, -0.15) is 0 Å². The van der Waals surface area contributed by atoms with Crippen LogP contribution < -0.4 is 5.32 Å². The summed E-state index contributed by atoms with van der Waals surface area (Å²) in [6.45, 7) is 11.5. The summed E-state index contributed by atoms with van der Waals surface area (Å²) in [6, 6.07) is -0.816. The van der Waals surface area contributed by atoms with Crippen molar-refractivity contribution in [1.29, 1.82) is 0 Å². The molecule has 1 saturated heterocycles. The number of nitrogens with one attached hydrogen (secondary N) is 1. The lowest BCUT2D eigenvalue weighted by molar-refractivity contribution is -0.214. The van der Waals surface area contributed by atoms with Crippen LogP contribution in [-0.2, 0) is 41.9 Å². The van der Waals surface area contributed by atoms with Crippen molar-refractivity contribution in [2.24, 2.45) is 0 Å². The van der Waals surface area contributed by atoms with E-state index in [0.717, 1.165) is 51.4 Å². The van der Waals surface area contributed by atoms with E-state index in [2.05, 4.69) is 44.5 Å². The Morgan fingerprint density at radius 3 is 1.91 bits per heavy atom. The van der Waals surface area contributed by atoms with Gasteiger partial charge in [-0.1, -0.05) is 122 Å². The molecular formula is C43H80NO10P. The normalized spacial score (nSPS) is 20.9. The molecule has 0 radical (unpaired) electrons. The molecule has 0 bridgehead atoms. The highest BCUT2D eigenvalue weighted by Crippen LogP contribution is 2.52. The van der Waals surface area contributed by atoms with Gasteiger partial charge in [0.2, 0.25) is 5.91 Å². The number of aliphatic hydroxyl groups is 1. The summed E-state index contributed by atoms with van der Waals surface area (Å²) in [5.41, 5.74) is 0. The van der Waals surface area contributed by atoms with Crippen LogP contribution in [0, 0.1) is 0 Å². The Morgan fingerprint density at radius 1 is 0.782 bits per heavy atom. The number of hydrogen-bond acceptors (Lipinski definition) is 10. The minimum atomic E-state index is -4.20. The highest BCUT2D eigenvalue weighted by molar-refractivity contribution is 7.48. The Kier molecular flexibility index (Phi) is 32.5. The fourth-order valence-corrected chi connectivity index (χ4v) is 8.14. The zero-order valence-corrected chi connectivity index (χ0v) is 36.0. The maximum atomic E-state index is 13.9. The minimum Gasteiger partial charge on any atom is -0.394 e. The average molecular weight is 802 g/mol. The van der Waals surface area contributed by atoms with Crippen molar-refractivity contribution in [2.75, 3.05) is 47.3 Å². The van der Waals surface area contributed by atoms with E-state index in [1.54, 1.807) is 7.11 Å². The van der Waals surface area contributed by atoms with E-state index >= 15 is 0 Å². The van der Waals surface area contributed by atoms with E-state index in [1.807, 2.05) is 0 Å². The van der Waals surface area contributed by atoms with Crippen LogP contribution in [0.25, 0.3) is 0 Å². The Labute approximate surface area is 335 Å². The molecule has 1 aliphatic rings. The number of carbonyl (C=O) groups excluding carboxylic acids is 1. The number of carbonyl (C=O) groups is 1. The molecule has 55 heavy (non-hydrogen) atoms. The summed E-state index contributed by atoms with van der Waals surface area (Å²) in [5.74, 6) is -0.179. The summed E-state index contributed by atoms with van der Waals surface area (Å²) in [6.07, 6.45) is 26.8. The van der Waals surface area contributed by atoms with Crippen molar-refractivity contribution in [3.05, 3.63) is 37.5 Å². The minimum absolute atomic E-state index is 0.0165. The van der Waals surface area contributed by atoms with Gasteiger partial charge in [0.05, 0.1) is 38.6 Å². The number of allylic oxidation sites excluding steroid dienone is 2. The van der Waals surface area contributed by atoms with Gasteiger partial charge in [-0.15, -0.1) is 13.2 Å². The zero-order valence-electron chi connectivity index (χ0n) is 35.1. The molecule has 0 saturated carbocycles. The van der Waals surface area contributed by atoms with Crippen LogP contribution >= 0.6 is 7.82 Å². The second kappa shape index (κ2) is 34.6. The lowest BCUT2D eigenvalue weighted by atomic mass is 9.92. The van der Waals surface area contributed by atoms with Crippen LogP contribution in [0.4, 0.5) is 0 Å². The number of amides is 1. The van der Waals surface area contributed by atoms with Crippen LogP contribution in [0.3, 0.4) is 0 Å². The third-order valence-electron chi connectivity index (χ3n) is 9.96. The maximum Gasteiger partial charge on any atom is 0.475 e. The largest absolute Gasteiger partial charge is 0.475 e. The van der Waals surface area contributed by atoms with Gasteiger partial charge in [0.25, 0.3) is 0 Å². The Hall–Kier alpha value is -1.40. The van der Waals surface area contributed by atoms with Crippen molar-refractivity contribution < 1.29 is 47.0 Å². The second-order valence-electron chi connectivity index (χ2n) is 14.6. The first kappa shape index (κ1) is 51.6. The fraction of sp³-hybridized carbons (Fsp3) is 0.837. The second-order valence-corrected chi connectivity index (χ2v) is 16.3. The van der Waals surface area contributed by atoms with Gasteiger partial charge in [0, 0.05) is 27.2 Å². The van der Waals surface area contributed by atoms with E-state index in [9.17, 15) is 14.5 Å². The van der Waals surface area contributed by atoms with E-state index in [-0.39, 0.29) is 45.0 Å². The summed E-state index contributed by atoms with van der Waals surface area (Å²) < 4.78 is 55.1. The first-order chi connectivity index (χ1) is 26.8. The number of methoxy groups -OCH3 is 2. The van der Waals surface area contributed by atoms with E-state index < -0.39 is 38.3 Å². The summed E-state index contributed by atoms with van der Waals surface area (Å²) >= 11 is 0. The number of phosphoric acid groups is 1. The molecule has 0 aliphatic carbocycles. The van der Waals surface area contributed by atoms with Gasteiger partial charge in [-0.25, -0.2) is 4.57 Å². The monoisotopic (exact) mass is 802 g/mol. The molecule has 0 spiro atoms. The molecule has 11 nitrogen and oxygen atoms in total. The molecule has 0 aromatic carbocycles. The number of phosphoric ester groups is 1. The molecule has 322 valence electrons. The SMILES string of the molecule is C=CCOP(=O)(OCC=C)O[C@H]1[C@H](OCC[C@@H](CCCCCCC)OC)C(NC(=O)CCCCCCCCC/C=C\CCCCCC)C(CO)O[C@@H]1COC. The van der Waals surface area contributed by atoms with Crippen LogP contribution in [-0.4, -0.2) is 94.8 Å². The number of aliphatic hydroxyl groups excluding tert-OH is 1.